The number of hydrogen-bond acceptors (Lipinski definition) is 3. The Bertz CT molecular complexity index is 518. The molecule has 5 nitrogen and oxygen atoms in total. The van der Waals surface area contributed by atoms with Gasteiger partial charge in [-0.1, -0.05) is 31.9 Å². The summed E-state index contributed by atoms with van der Waals surface area (Å²) in [5.74, 6) is 0.817. The van der Waals surface area contributed by atoms with Gasteiger partial charge in [-0.05, 0) is 43.9 Å². The molecule has 5 heteroatoms. The number of amides is 2. The van der Waals surface area contributed by atoms with Crippen LogP contribution in [-0.4, -0.2) is 41.8 Å². The van der Waals surface area contributed by atoms with E-state index in [0.29, 0.717) is 25.9 Å². The average Bonchev–Trinajstić information content (AvgIpc) is 2.58. The quantitative estimate of drug-likeness (QED) is 0.837. The minimum atomic E-state index is -0.644. The Labute approximate surface area is 145 Å². The molecule has 2 N–H and O–H groups in total. The van der Waals surface area contributed by atoms with Gasteiger partial charge in [-0.2, -0.15) is 0 Å². The van der Waals surface area contributed by atoms with Crippen LogP contribution in [0.15, 0.2) is 24.3 Å². The summed E-state index contributed by atoms with van der Waals surface area (Å²) in [5, 5.41) is 13.2. The maximum atomic E-state index is 12.6. The summed E-state index contributed by atoms with van der Waals surface area (Å²) in [6, 6.07) is 7.85. The van der Waals surface area contributed by atoms with Crippen LogP contribution in [0.5, 0.6) is 5.75 Å². The first-order valence-corrected chi connectivity index (χ1v) is 8.87. The number of likely N-dealkylation sites (tertiary alicyclic amines) is 1. The Morgan fingerprint density at radius 3 is 2.50 bits per heavy atom. The van der Waals surface area contributed by atoms with Gasteiger partial charge in [0.15, 0.2) is 0 Å². The second kappa shape index (κ2) is 8.38. The SMILES string of the molecule is CCCCC(NC(=O)N1CCC(C)(O)CC1)c1ccc(OC)cc1. The fraction of sp³-hybridized carbons (Fsp3) is 0.632. The van der Waals surface area contributed by atoms with Crippen molar-refractivity contribution in [2.75, 3.05) is 20.2 Å². The monoisotopic (exact) mass is 334 g/mol. The third-order valence-electron chi connectivity index (χ3n) is 4.79. The Morgan fingerprint density at radius 2 is 1.96 bits per heavy atom. The zero-order chi connectivity index (χ0) is 17.6. The fourth-order valence-electron chi connectivity index (χ4n) is 3.00. The number of aliphatic hydroxyl groups is 1. The van der Waals surface area contributed by atoms with Crippen molar-refractivity contribution in [3.8, 4) is 5.75 Å². The molecule has 0 saturated carbocycles. The van der Waals surface area contributed by atoms with Gasteiger partial charge in [0.2, 0.25) is 0 Å². The third kappa shape index (κ3) is 5.13. The lowest BCUT2D eigenvalue weighted by molar-refractivity contribution is 0.00410. The van der Waals surface area contributed by atoms with Crippen molar-refractivity contribution >= 4 is 6.03 Å². The number of benzene rings is 1. The van der Waals surface area contributed by atoms with E-state index in [1.165, 1.54) is 0 Å². The molecule has 0 spiro atoms. The first kappa shape index (κ1) is 18.6. The molecule has 1 aromatic carbocycles. The minimum absolute atomic E-state index is 0.00536. The van der Waals surface area contributed by atoms with Crippen LogP contribution in [0.25, 0.3) is 0 Å². The number of carbonyl (C=O) groups is 1. The van der Waals surface area contributed by atoms with E-state index >= 15 is 0 Å². The standard InChI is InChI=1S/C19H30N2O3/c1-4-5-6-17(15-7-9-16(24-3)10-8-15)20-18(22)21-13-11-19(2,23)12-14-21/h7-10,17,23H,4-6,11-14H2,1-3H3,(H,20,22). The van der Waals surface area contributed by atoms with Crippen molar-refractivity contribution in [3.05, 3.63) is 29.8 Å². The van der Waals surface area contributed by atoms with E-state index in [1.54, 1.807) is 12.0 Å². The Morgan fingerprint density at radius 1 is 1.33 bits per heavy atom. The highest BCUT2D eigenvalue weighted by Gasteiger charge is 2.30. The van der Waals surface area contributed by atoms with Gasteiger partial charge in [-0.15, -0.1) is 0 Å². The molecule has 0 radical (unpaired) electrons. The summed E-state index contributed by atoms with van der Waals surface area (Å²) < 4.78 is 5.21. The molecule has 134 valence electrons. The topological polar surface area (TPSA) is 61.8 Å². The Kier molecular flexibility index (Phi) is 6.49. The maximum Gasteiger partial charge on any atom is 0.317 e. The average molecular weight is 334 g/mol. The number of nitrogens with one attached hydrogen (secondary N) is 1. The van der Waals surface area contributed by atoms with Crippen molar-refractivity contribution in [1.82, 2.24) is 10.2 Å². The molecular formula is C19H30N2O3. The van der Waals surface area contributed by atoms with Gasteiger partial charge < -0.3 is 20.1 Å². The highest BCUT2D eigenvalue weighted by Crippen LogP contribution is 2.24. The van der Waals surface area contributed by atoms with Crippen LogP contribution < -0.4 is 10.1 Å². The minimum Gasteiger partial charge on any atom is -0.497 e. The number of hydrogen-bond donors (Lipinski definition) is 2. The zero-order valence-corrected chi connectivity index (χ0v) is 15.0. The van der Waals surface area contributed by atoms with E-state index in [1.807, 2.05) is 31.2 Å². The summed E-state index contributed by atoms with van der Waals surface area (Å²) in [5.41, 5.74) is 0.454. The molecule has 0 aliphatic carbocycles. The summed E-state index contributed by atoms with van der Waals surface area (Å²) in [7, 11) is 1.65. The molecule has 1 unspecified atom stereocenters. The molecule has 1 atom stereocenters. The van der Waals surface area contributed by atoms with Gasteiger partial charge in [0.05, 0.1) is 18.8 Å². The van der Waals surface area contributed by atoms with Crippen molar-refractivity contribution < 1.29 is 14.6 Å². The van der Waals surface area contributed by atoms with Crippen LogP contribution in [0.4, 0.5) is 4.79 Å². The number of piperidine rings is 1. The molecular weight excluding hydrogens is 304 g/mol. The number of methoxy groups -OCH3 is 1. The van der Waals surface area contributed by atoms with E-state index in [9.17, 15) is 9.90 Å². The molecule has 2 amide bonds. The highest BCUT2D eigenvalue weighted by atomic mass is 16.5. The van der Waals surface area contributed by atoms with Crippen LogP contribution in [0.3, 0.4) is 0 Å². The largest absolute Gasteiger partial charge is 0.497 e. The van der Waals surface area contributed by atoms with Crippen molar-refractivity contribution in [2.24, 2.45) is 0 Å². The lowest BCUT2D eigenvalue weighted by Gasteiger charge is -2.36. The molecule has 0 aromatic heterocycles. The first-order chi connectivity index (χ1) is 11.4. The van der Waals surface area contributed by atoms with Crippen LogP contribution in [-0.2, 0) is 0 Å². The second-order valence-corrected chi connectivity index (χ2v) is 6.90. The predicted molar refractivity (Wildman–Crippen MR) is 95.2 cm³/mol. The van der Waals surface area contributed by atoms with Gasteiger partial charge >= 0.3 is 6.03 Å². The van der Waals surface area contributed by atoms with Gasteiger partial charge in [0.1, 0.15) is 5.75 Å². The molecule has 24 heavy (non-hydrogen) atoms. The molecule has 1 aliphatic heterocycles. The fourth-order valence-corrected chi connectivity index (χ4v) is 3.00. The molecule has 1 saturated heterocycles. The molecule has 1 aliphatic rings. The maximum absolute atomic E-state index is 12.6. The number of unbranched alkanes of at least 4 members (excludes halogenated alkanes) is 1. The number of carbonyl (C=O) groups excluding carboxylic acids is 1. The lowest BCUT2D eigenvalue weighted by Crippen LogP contribution is -2.49. The molecule has 1 heterocycles. The normalized spacial score (nSPS) is 18.1. The van der Waals surface area contributed by atoms with Crippen LogP contribution in [0, 0.1) is 0 Å². The summed E-state index contributed by atoms with van der Waals surface area (Å²) >= 11 is 0. The molecule has 1 fully saturated rings. The lowest BCUT2D eigenvalue weighted by atomic mass is 9.94. The van der Waals surface area contributed by atoms with E-state index in [0.717, 1.165) is 30.6 Å². The highest BCUT2D eigenvalue weighted by molar-refractivity contribution is 5.74. The third-order valence-corrected chi connectivity index (χ3v) is 4.79. The van der Waals surface area contributed by atoms with Crippen molar-refractivity contribution in [1.29, 1.82) is 0 Å². The van der Waals surface area contributed by atoms with E-state index in [2.05, 4.69) is 12.2 Å². The summed E-state index contributed by atoms with van der Waals surface area (Å²) in [6.07, 6.45) is 4.33. The smallest absolute Gasteiger partial charge is 0.317 e. The van der Waals surface area contributed by atoms with E-state index in [4.69, 9.17) is 4.74 Å². The molecule has 1 aromatic rings. The number of rotatable bonds is 6. The Hall–Kier alpha value is -1.75. The van der Waals surface area contributed by atoms with Crippen LogP contribution in [0.1, 0.15) is 57.6 Å². The molecule has 2 rings (SSSR count). The van der Waals surface area contributed by atoms with Crippen LogP contribution in [0.2, 0.25) is 0 Å². The van der Waals surface area contributed by atoms with Crippen molar-refractivity contribution in [2.45, 2.75) is 57.6 Å². The van der Waals surface area contributed by atoms with E-state index < -0.39 is 5.60 Å². The predicted octanol–water partition coefficient (Wildman–Crippen LogP) is 3.48. The van der Waals surface area contributed by atoms with Gasteiger partial charge in [0, 0.05) is 13.1 Å². The zero-order valence-electron chi connectivity index (χ0n) is 15.0. The van der Waals surface area contributed by atoms with E-state index in [-0.39, 0.29) is 12.1 Å². The summed E-state index contributed by atoms with van der Waals surface area (Å²) in [6.45, 7) is 5.19. The first-order valence-electron chi connectivity index (χ1n) is 8.87. The van der Waals surface area contributed by atoms with Crippen LogP contribution >= 0.6 is 0 Å². The number of nitrogens with zero attached hydrogens (tertiary/aromatic N) is 1. The van der Waals surface area contributed by atoms with Gasteiger partial charge in [0.25, 0.3) is 0 Å². The van der Waals surface area contributed by atoms with Gasteiger partial charge in [-0.3, -0.25) is 0 Å². The molecule has 0 bridgehead atoms. The second-order valence-electron chi connectivity index (χ2n) is 6.90. The number of ether oxygens (including phenoxy) is 1. The van der Waals surface area contributed by atoms with Crippen molar-refractivity contribution in [3.63, 3.8) is 0 Å². The summed E-state index contributed by atoms with van der Waals surface area (Å²) in [4.78, 5) is 14.4. The Balaban J connectivity index is 2.00. The van der Waals surface area contributed by atoms with Gasteiger partial charge in [-0.25, -0.2) is 4.79 Å². The number of urea groups is 1.